The second-order valence-corrected chi connectivity index (χ2v) is 0.774. The minimum atomic E-state index is 1.37. The Morgan fingerprint density at radius 3 is 2.14 bits per heavy atom. The van der Waals surface area contributed by atoms with Crippen molar-refractivity contribution < 1.29 is 4.94 Å². The molecule has 1 aliphatic rings. The molecule has 0 saturated carbocycles. The highest BCUT2D eigenvalue weighted by Crippen LogP contribution is 1.89. The molecular formula is C2H2N4O. The molecule has 1 aliphatic heterocycles. The lowest BCUT2D eigenvalue weighted by Gasteiger charge is -1.70. The predicted molar refractivity (Wildman–Crippen MR) is 19.9 cm³/mol. The van der Waals surface area contributed by atoms with E-state index in [0.717, 1.165) is 0 Å². The Morgan fingerprint density at radius 1 is 1.00 bits per heavy atom. The molecule has 0 saturated heterocycles. The molecule has 5 nitrogen and oxygen atoms in total. The smallest absolute Gasteiger partial charge is 0.0732 e. The lowest BCUT2D eigenvalue weighted by molar-refractivity contribution is 0.118. The van der Waals surface area contributed by atoms with Gasteiger partial charge in [-0.15, -0.1) is 10.2 Å². The molecule has 1 heterocycles. The lowest BCUT2D eigenvalue weighted by atomic mass is 11.0. The van der Waals surface area contributed by atoms with Crippen molar-refractivity contribution in [1.29, 1.82) is 0 Å². The predicted octanol–water partition coefficient (Wildman–Crippen LogP) is 1.22. The molecule has 0 amide bonds. The number of hydrogen-bond donors (Lipinski definition) is 0. The van der Waals surface area contributed by atoms with Gasteiger partial charge in [0.05, 0.1) is 23.0 Å². The fourth-order valence-corrected chi connectivity index (χ4v) is 0.173. The van der Waals surface area contributed by atoms with Crippen molar-refractivity contribution in [3.63, 3.8) is 0 Å². The van der Waals surface area contributed by atoms with E-state index in [2.05, 4.69) is 25.7 Å². The van der Waals surface area contributed by atoms with Gasteiger partial charge < -0.3 is 0 Å². The molecule has 0 radical (unpaired) electrons. The van der Waals surface area contributed by atoms with Gasteiger partial charge in [-0.25, -0.2) is 4.94 Å². The fourth-order valence-electron chi connectivity index (χ4n) is 0.173. The number of hydrogen-bond acceptors (Lipinski definition) is 5. The van der Waals surface area contributed by atoms with E-state index in [1.807, 2.05) is 0 Å². The van der Waals surface area contributed by atoms with Gasteiger partial charge in [0.15, 0.2) is 0 Å². The Bertz CT molecular complexity index is 112. The van der Waals surface area contributed by atoms with Gasteiger partial charge in [-0.1, -0.05) is 0 Å². The van der Waals surface area contributed by atoms with E-state index in [4.69, 9.17) is 0 Å². The first-order valence-electron chi connectivity index (χ1n) is 1.61. The van der Waals surface area contributed by atoms with Crippen LogP contribution in [0.3, 0.4) is 0 Å². The van der Waals surface area contributed by atoms with Crippen molar-refractivity contribution in [1.82, 2.24) is 0 Å². The molecule has 0 fully saturated rings. The summed E-state index contributed by atoms with van der Waals surface area (Å²) in [5.74, 6) is 0. The van der Waals surface area contributed by atoms with Crippen molar-refractivity contribution in [3.8, 4) is 0 Å². The normalized spacial score (nSPS) is 16.0. The largest absolute Gasteiger partial charge is 0.204 e. The third-order valence-electron chi connectivity index (χ3n) is 0.367. The quantitative estimate of drug-likeness (QED) is 0.449. The van der Waals surface area contributed by atoms with E-state index >= 15 is 0 Å². The molecule has 0 aromatic heterocycles. The van der Waals surface area contributed by atoms with Gasteiger partial charge in [-0.3, -0.25) is 0 Å². The Hall–Kier alpha value is -1.26. The first-order chi connectivity index (χ1) is 3.50. The topological polar surface area (TPSA) is 58.7 Å². The van der Waals surface area contributed by atoms with Crippen LogP contribution in [0.15, 0.2) is 33.2 Å². The average molecular weight is 98.1 g/mol. The van der Waals surface area contributed by atoms with Crippen LogP contribution in [0.1, 0.15) is 0 Å². The molecule has 0 aliphatic carbocycles. The summed E-state index contributed by atoms with van der Waals surface area (Å²) in [5, 5.41) is 12.7. The zero-order valence-electron chi connectivity index (χ0n) is 3.35. The minimum absolute atomic E-state index is 1.37. The van der Waals surface area contributed by atoms with Gasteiger partial charge in [0.2, 0.25) is 0 Å². The van der Waals surface area contributed by atoms with Gasteiger partial charge in [0.25, 0.3) is 0 Å². The molecular weight excluding hydrogens is 96.0 g/mol. The summed E-state index contributed by atoms with van der Waals surface area (Å²) in [6.45, 7) is 0. The maximum Gasteiger partial charge on any atom is 0.0732 e. The zero-order chi connectivity index (χ0) is 4.95. The van der Waals surface area contributed by atoms with Crippen LogP contribution < -0.4 is 0 Å². The molecule has 0 aromatic rings. The molecule has 0 atom stereocenters. The van der Waals surface area contributed by atoms with E-state index in [-0.39, 0.29) is 0 Å². The molecule has 36 valence electrons. The van der Waals surface area contributed by atoms with Gasteiger partial charge in [0, 0.05) is 0 Å². The maximum absolute atomic E-state index is 4.05. The molecule has 0 N–H and O–H groups in total. The number of rotatable bonds is 0. The van der Waals surface area contributed by atoms with Crippen LogP contribution in [0.2, 0.25) is 0 Å². The minimum Gasteiger partial charge on any atom is -0.204 e. The Morgan fingerprint density at radius 2 is 1.57 bits per heavy atom. The van der Waals surface area contributed by atoms with Crippen LogP contribution in [-0.2, 0) is 4.94 Å². The first kappa shape index (κ1) is 3.91. The van der Waals surface area contributed by atoms with Crippen molar-refractivity contribution in [2.75, 3.05) is 0 Å². The van der Waals surface area contributed by atoms with E-state index in [9.17, 15) is 0 Å². The standard InChI is InChI=1S/C2H2N4O/c1-2-4-6-7-5-3-1/h1-2H. The molecule has 0 bridgehead atoms. The molecule has 0 spiro atoms. The van der Waals surface area contributed by atoms with Crippen molar-refractivity contribution in [3.05, 3.63) is 12.4 Å². The van der Waals surface area contributed by atoms with Gasteiger partial charge in [-0.05, 0) is 0 Å². The first-order valence-corrected chi connectivity index (χ1v) is 1.61. The molecule has 0 unspecified atom stereocenters. The summed E-state index contributed by atoms with van der Waals surface area (Å²) in [6.07, 6.45) is 2.74. The van der Waals surface area contributed by atoms with Crippen LogP contribution in [0, 0.1) is 0 Å². The SMILES string of the molecule is C1=CN=NON=N1. The molecule has 5 heteroatoms. The highest BCUT2D eigenvalue weighted by Gasteiger charge is 1.73. The second kappa shape index (κ2) is 2.01. The second-order valence-electron chi connectivity index (χ2n) is 0.774. The van der Waals surface area contributed by atoms with Gasteiger partial charge in [0.1, 0.15) is 0 Å². The van der Waals surface area contributed by atoms with Crippen molar-refractivity contribution >= 4 is 0 Å². The molecule has 0 aromatic carbocycles. The highest BCUT2D eigenvalue weighted by molar-refractivity contribution is 4.72. The summed E-state index contributed by atoms with van der Waals surface area (Å²) >= 11 is 0. The van der Waals surface area contributed by atoms with Gasteiger partial charge in [-0.2, -0.15) is 0 Å². The Kier molecular flexibility index (Phi) is 1.13. The molecule has 1 rings (SSSR count). The summed E-state index contributed by atoms with van der Waals surface area (Å²) in [7, 11) is 0. The van der Waals surface area contributed by atoms with E-state index in [0.29, 0.717) is 0 Å². The summed E-state index contributed by atoms with van der Waals surface area (Å²) < 4.78 is 0. The van der Waals surface area contributed by atoms with Crippen molar-refractivity contribution in [2.24, 2.45) is 20.8 Å². The maximum atomic E-state index is 4.05. The summed E-state index contributed by atoms with van der Waals surface area (Å²) in [4.78, 5) is 4.05. The Balaban J connectivity index is 2.60. The monoisotopic (exact) mass is 98.0 g/mol. The summed E-state index contributed by atoms with van der Waals surface area (Å²) in [5.41, 5.74) is 0. The van der Waals surface area contributed by atoms with E-state index in [1.54, 1.807) is 0 Å². The van der Waals surface area contributed by atoms with Crippen molar-refractivity contribution in [2.45, 2.75) is 0 Å². The Labute approximate surface area is 39.3 Å². The zero-order valence-corrected chi connectivity index (χ0v) is 3.35. The van der Waals surface area contributed by atoms with Crippen LogP contribution >= 0.6 is 0 Å². The third-order valence-corrected chi connectivity index (χ3v) is 0.367. The fraction of sp³-hybridized carbons (Fsp3) is 0. The third kappa shape index (κ3) is 1.08. The number of nitrogens with zero attached hydrogens (tertiary/aromatic N) is 4. The average Bonchev–Trinajstić information content (AvgIpc) is 1.90. The lowest BCUT2D eigenvalue weighted by Crippen LogP contribution is -1.55. The van der Waals surface area contributed by atoms with Crippen LogP contribution in [0.25, 0.3) is 0 Å². The molecule has 7 heavy (non-hydrogen) atoms. The van der Waals surface area contributed by atoms with Crippen LogP contribution in [-0.4, -0.2) is 0 Å². The highest BCUT2D eigenvalue weighted by atomic mass is 16.8. The van der Waals surface area contributed by atoms with Gasteiger partial charge >= 0.3 is 0 Å². The summed E-state index contributed by atoms with van der Waals surface area (Å²) in [6, 6.07) is 0. The van der Waals surface area contributed by atoms with Crippen LogP contribution in [0.4, 0.5) is 0 Å². The van der Waals surface area contributed by atoms with E-state index < -0.39 is 0 Å². The van der Waals surface area contributed by atoms with Crippen LogP contribution in [0.5, 0.6) is 0 Å². The van der Waals surface area contributed by atoms with E-state index in [1.165, 1.54) is 12.4 Å².